The number of amides is 1. The Hall–Kier alpha value is -2.95. The van der Waals surface area contributed by atoms with Crippen LogP contribution in [-0.2, 0) is 23.9 Å². The Morgan fingerprint density at radius 3 is 2.47 bits per heavy atom. The van der Waals surface area contributed by atoms with Gasteiger partial charge in [-0.05, 0) is 44.8 Å². The second-order valence-electron chi connectivity index (χ2n) is 8.22. The molecule has 9 nitrogen and oxygen atoms in total. The zero-order chi connectivity index (χ0) is 26.8. The second-order valence-corrected chi connectivity index (χ2v) is 9.80. The molecule has 0 saturated heterocycles. The van der Waals surface area contributed by atoms with Crippen LogP contribution in [-0.4, -0.2) is 79.6 Å². The van der Waals surface area contributed by atoms with Gasteiger partial charge in [-0.15, -0.1) is 11.8 Å². The smallest absolute Gasteiger partial charge is 0.328 e. The summed E-state index contributed by atoms with van der Waals surface area (Å²) < 4.78 is 11.6. The zero-order valence-electron chi connectivity index (χ0n) is 20.7. The van der Waals surface area contributed by atoms with Crippen molar-refractivity contribution in [2.75, 3.05) is 46.3 Å². The van der Waals surface area contributed by atoms with Crippen LogP contribution < -0.4 is 4.90 Å². The first kappa shape index (κ1) is 29.3. The van der Waals surface area contributed by atoms with Gasteiger partial charge >= 0.3 is 11.9 Å². The summed E-state index contributed by atoms with van der Waals surface area (Å²) in [6.45, 7) is 1.60. The number of anilines is 1. The molecule has 11 heteroatoms. The van der Waals surface area contributed by atoms with E-state index in [1.807, 2.05) is 31.3 Å². The number of fused-ring (bicyclic) bond motifs is 1. The highest BCUT2D eigenvalue weighted by Gasteiger charge is 2.36. The SMILES string of the molecule is COC1=CC(C2Sc3cc(Cl)ccc3N(C)C2=O)=C(OCCCN(C)C)CC1.O=C(O)/C=C/C(=O)O. The molecule has 0 bridgehead atoms. The number of halogens is 1. The molecule has 1 aliphatic carbocycles. The number of carbonyl (C=O) groups is 3. The fourth-order valence-electron chi connectivity index (χ4n) is 3.49. The van der Waals surface area contributed by atoms with Crippen LogP contribution in [0.3, 0.4) is 0 Å². The first-order chi connectivity index (χ1) is 17.0. The first-order valence-corrected chi connectivity index (χ1v) is 12.4. The van der Waals surface area contributed by atoms with Gasteiger partial charge in [0.2, 0.25) is 5.91 Å². The van der Waals surface area contributed by atoms with Crippen molar-refractivity contribution < 1.29 is 34.1 Å². The lowest BCUT2D eigenvalue weighted by Gasteiger charge is -2.33. The summed E-state index contributed by atoms with van der Waals surface area (Å²) >= 11 is 7.72. The van der Waals surface area contributed by atoms with Gasteiger partial charge < -0.3 is 29.5 Å². The van der Waals surface area contributed by atoms with Crippen molar-refractivity contribution in [3.05, 3.63) is 58.5 Å². The number of aliphatic carboxylic acids is 2. The number of ether oxygens (including phenoxy) is 2. The van der Waals surface area contributed by atoms with Crippen LogP contribution in [0.4, 0.5) is 5.69 Å². The molecule has 1 heterocycles. The van der Waals surface area contributed by atoms with E-state index in [2.05, 4.69) is 19.0 Å². The molecular formula is C25H31ClN2O7S. The lowest BCUT2D eigenvalue weighted by molar-refractivity contribution is -0.134. The van der Waals surface area contributed by atoms with Gasteiger partial charge in [-0.2, -0.15) is 0 Å². The van der Waals surface area contributed by atoms with Crippen LogP contribution in [0, 0.1) is 0 Å². The number of carboxylic acid groups (broad SMARTS) is 2. The summed E-state index contributed by atoms with van der Waals surface area (Å²) in [5, 5.41) is 15.9. The van der Waals surface area contributed by atoms with Crippen molar-refractivity contribution in [1.82, 2.24) is 4.90 Å². The molecule has 1 amide bonds. The maximum atomic E-state index is 13.1. The van der Waals surface area contributed by atoms with Crippen LogP contribution >= 0.6 is 23.4 Å². The van der Waals surface area contributed by atoms with Crippen molar-refractivity contribution in [3.63, 3.8) is 0 Å². The number of benzene rings is 1. The Morgan fingerprint density at radius 1 is 1.22 bits per heavy atom. The molecule has 36 heavy (non-hydrogen) atoms. The van der Waals surface area contributed by atoms with Crippen molar-refractivity contribution in [3.8, 4) is 0 Å². The molecule has 3 rings (SSSR count). The standard InChI is InChI=1S/C21H27ClN2O3S.C4H4O4/c1-23(2)10-5-11-27-18-9-7-15(26-4)13-16(18)20-21(25)24(3)17-8-6-14(22)12-19(17)28-20;5-3(6)1-2-4(7)8/h6,8,12-13,20H,5,7,9-11H2,1-4H3;1-2H,(H,5,6)(H,7,8)/b;2-1+. The van der Waals surface area contributed by atoms with Crippen molar-refractivity contribution in [2.24, 2.45) is 0 Å². The quantitative estimate of drug-likeness (QED) is 0.355. The predicted octanol–water partition coefficient (Wildman–Crippen LogP) is 4.04. The molecule has 0 radical (unpaired) electrons. The van der Waals surface area contributed by atoms with Gasteiger partial charge in [0.25, 0.3) is 0 Å². The average Bonchev–Trinajstić information content (AvgIpc) is 2.83. The molecular weight excluding hydrogens is 508 g/mol. The van der Waals surface area contributed by atoms with Crippen LogP contribution in [0.25, 0.3) is 0 Å². The van der Waals surface area contributed by atoms with E-state index in [0.717, 1.165) is 53.5 Å². The highest BCUT2D eigenvalue weighted by molar-refractivity contribution is 8.01. The van der Waals surface area contributed by atoms with E-state index >= 15 is 0 Å². The third-order valence-corrected chi connectivity index (χ3v) is 6.77. The molecule has 1 atom stereocenters. The van der Waals surface area contributed by atoms with Crippen molar-refractivity contribution >= 4 is 46.9 Å². The average molecular weight is 539 g/mol. The van der Waals surface area contributed by atoms with Gasteiger partial charge in [0, 0.05) is 54.1 Å². The third kappa shape index (κ3) is 8.61. The fraction of sp³-hybridized carbons (Fsp3) is 0.400. The molecule has 1 unspecified atom stereocenters. The molecule has 1 aromatic carbocycles. The molecule has 0 aromatic heterocycles. The molecule has 0 saturated carbocycles. The van der Waals surface area contributed by atoms with Crippen LogP contribution in [0.15, 0.2) is 58.4 Å². The molecule has 1 aliphatic heterocycles. The van der Waals surface area contributed by atoms with E-state index < -0.39 is 11.9 Å². The predicted molar refractivity (Wildman–Crippen MR) is 139 cm³/mol. The van der Waals surface area contributed by atoms with E-state index in [0.29, 0.717) is 23.8 Å². The van der Waals surface area contributed by atoms with Gasteiger partial charge in [0.1, 0.15) is 11.0 Å². The minimum absolute atomic E-state index is 0.0396. The van der Waals surface area contributed by atoms with Gasteiger partial charge in [-0.3, -0.25) is 4.79 Å². The number of nitrogens with zero attached hydrogens (tertiary/aromatic N) is 2. The normalized spacial score (nSPS) is 17.4. The van der Waals surface area contributed by atoms with E-state index in [4.69, 9.17) is 31.3 Å². The number of hydrogen-bond donors (Lipinski definition) is 2. The van der Waals surface area contributed by atoms with Gasteiger partial charge in [-0.25, -0.2) is 9.59 Å². The van der Waals surface area contributed by atoms with E-state index in [1.165, 1.54) is 11.8 Å². The van der Waals surface area contributed by atoms with Crippen LogP contribution in [0.5, 0.6) is 0 Å². The largest absolute Gasteiger partial charge is 0.501 e. The van der Waals surface area contributed by atoms with Gasteiger partial charge in [0.15, 0.2) is 0 Å². The van der Waals surface area contributed by atoms with Crippen LogP contribution in [0.1, 0.15) is 19.3 Å². The molecule has 196 valence electrons. The summed E-state index contributed by atoms with van der Waals surface area (Å²) in [4.78, 5) is 37.1. The van der Waals surface area contributed by atoms with Gasteiger partial charge in [0.05, 0.1) is 25.2 Å². The number of rotatable bonds is 9. The minimum Gasteiger partial charge on any atom is -0.501 e. The molecule has 1 aromatic rings. The van der Waals surface area contributed by atoms with E-state index in [9.17, 15) is 14.4 Å². The summed E-state index contributed by atoms with van der Waals surface area (Å²) in [5.41, 5.74) is 1.79. The maximum Gasteiger partial charge on any atom is 0.328 e. The zero-order valence-corrected chi connectivity index (χ0v) is 22.3. The molecule has 0 fully saturated rings. The summed E-state index contributed by atoms with van der Waals surface area (Å²) in [7, 11) is 7.58. The fourth-order valence-corrected chi connectivity index (χ4v) is 5.09. The lowest BCUT2D eigenvalue weighted by atomic mass is 9.99. The summed E-state index contributed by atoms with van der Waals surface area (Å²) in [6, 6.07) is 5.62. The second kappa shape index (κ2) is 14.0. The minimum atomic E-state index is -1.26. The number of allylic oxidation sites excluding steroid dienone is 3. The lowest BCUT2D eigenvalue weighted by Crippen LogP contribution is -2.39. The number of carboxylic acids is 2. The maximum absolute atomic E-state index is 13.1. The molecule has 2 aliphatic rings. The number of thioether (sulfide) groups is 1. The van der Waals surface area contributed by atoms with E-state index in [-0.39, 0.29) is 11.2 Å². The van der Waals surface area contributed by atoms with Crippen LogP contribution in [0.2, 0.25) is 5.02 Å². The monoisotopic (exact) mass is 538 g/mol. The van der Waals surface area contributed by atoms with Gasteiger partial charge in [-0.1, -0.05) is 11.6 Å². The van der Waals surface area contributed by atoms with E-state index in [1.54, 1.807) is 12.0 Å². The number of methoxy groups -OCH3 is 1. The third-order valence-electron chi connectivity index (χ3n) is 5.26. The highest BCUT2D eigenvalue weighted by atomic mass is 35.5. The highest BCUT2D eigenvalue weighted by Crippen LogP contribution is 2.44. The van der Waals surface area contributed by atoms with Crippen molar-refractivity contribution in [1.29, 1.82) is 0 Å². The first-order valence-electron chi connectivity index (χ1n) is 11.2. The molecule has 0 spiro atoms. The Bertz CT molecular complexity index is 1050. The Labute approximate surface area is 220 Å². The topological polar surface area (TPSA) is 117 Å². The van der Waals surface area contributed by atoms with Crippen molar-refractivity contribution in [2.45, 2.75) is 29.4 Å². The Kier molecular flexibility index (Phi) is 11.4. The number of hydrogen-bond acceptors (Lipinski definition) is 7. The summed E-state index contributed by atoms with van der Waals surface area (Å²) in [6.07, 6.45) is 5.56. The Morgan fingerprint density at radius 2 is 1.89 bits per heavy atom. The summed E-state index contributed by atoms with van der Waals surface area (Å²) in [5.74, 6) is -0.703. The molecule has 2 N–H and O–H groups in total. The Balaban J connectivity index is 0.000000493. The number of carbonyl (C=O) groups excluding carboxylic acids is 1.